The van der Waals surface area contributed by atoms with Crippen LogP contribution in [0.3, 0.4) is 0 Å². The van der Waals surface area contributed by atoms with Crippen molar-refractivity contribution in [2.75, 3.05) is 11.4 Å². The Balaban J connectivity index is 1.90. The second-order valence-corrected chi connectivity index (χ2v) is 7.02. The molecule has 1 aliphatic rings. The number of aliphatic imine (C=N–C) groups is 1. The van der Waals surface area contributed by atoms with Crippen molar-refractivity contribution in [3.05, 3.63) is 77.6 Å². The van der Waals surface area contributed by atoms with E-state index in [-0.39, 0.29) is 5.57 Å². The van der Waals surface area contributed by atoms with Crippen LogP contribution in [0.1, 0.15) is 44.6 Å². The highest BCUT2D eigenvalue weighted by molar-refractivity contribution is 6.43. The van der Waals surface area contributed by atoms with Gasteiger partial charge in [0, 0.05) is 12.1 Å². The summed E-state index contributed by atoms with van der Waals surface area (Å²) in [5.41, 5.74) is 1.48. The molecule has 0 unspecified atom stereocenters. The third-order valence-electron chi connectivity index (χ3n) is 4.89. The molecule has 5 nitrogen and oxygen atoms in total. The maximum absolute atomic E-state index is 13.1. The van der Waals surface area contributed by atoms with Crippen molar-refractivity contribution < 1.29 is 14.7 Å². The lowest BCUT2D eigenvalue weighted by atomic mass is 10.0. The number of hydrogen-bond donors (Lipinski definition) is 1. The van der Waals surface area contributed by atoms with Crippen molar-refractivity contribution in [3.8, 4) is 0 Å². The first-order valence-corrected chi connectivity index (χ1v) is 10.1. The number of nitrogens with zero attached hydrogens (tertiary/aromatic N) is 2. The zero-order chi connectivity index (χ0) is 20.6. The zero-order valence-electron chi connectivity index (χ0n) is 16.7. The molecule has 1 N–H and O–H groups in total. The lowest BCUT2D eigenvalue weighted by Gasteiger charge is -2.14. The molecule has 0 atom stereocenters. The second-order valence-electron chi connectivity index (χ2n) is 7.02. The Morgan fingerprint density at radius 1 is 0.862 bits per heavy atom. The molecular formula is C24H26N2O3. The first-order valence-electron chi connectivity index (χ1n) is 10.1. The maximum atomic E-state index is 13.1. The van der Waals surface area contributed by atoms with Crippen LogP contribution in [-0.4, -0.2) is 29.2 Å². The minimum atomic E-state index is -0.720. The minimum Gasteiger partial charge on any atom is -0.502 e. The molecule has 3 rings (SSSR count). The number of aliphatic hydroxyl groups excluding tert-OH is 1. The average Bonchev–Trinajstić information content (AvgIpc) is 2.97. The van der Waals surface area contributed by atoms with Crippen molar-refractivity contribution in [2.45, 2.75) is 39.0 Å². The Bertz CT molecular complexity index is 918. The van der Waals surface area contributed by atoms with E-state index in [1.807, 2.05) is 30.3 Å². The van der Waals surface area contributed by atoms with Crippen LogP contribution in [0.5, 0.6) is 0 Å². The summed E-state index contributed by atoms with van der Waals surface area (Å²) >= 11 is 0. The molecule has 0 aliphatic carbocycles. The van der Waals surface area contributed by atoms with E-state index in [1.54, 1.807) is 30.3 Å². The number of hydrogen-bond acceptors (Lipinski definition) is 4. The van der Waals surface area contributed by atoms with Gasteiger partial charge < -0.3 is 5.11 Å². The molecular weight excluding hydrogens is 364 g/mol. The quantitative estimate of drug-likeness (QED) is 0.379. The van der Waals surface area contributed by atoms with Crippen LogP contribution >= 0.6 is 0 Å². The Labute approximate surface area is 171 Å². The molecule has 0 radical (unpaired) electrons. The number of amides is 2. The Hall–Kier alpha value is -3.21. The van der Waals surface area contributed by atoms with Crippen LogP contribution < -0.4 is 4.90 Å². The lowest BCUT2D eigenvalue weighted by Crippen LogP contribution is -2.32. The van der Waals surface area contributed by atoms with Gasteiger partial charge in [0.05, 0.1) is 11.4 Å². The van der Waals surface area contributed by atoms with Crippen LogP contribution in [0, 0.1) is 0 Å². The van der Waals surface area contributed by atoms with Gasteiger partial charge in [0.15, 0.2) is 5.76 Å². The van der Waals surface area contributed by atoms with Crippen LogP contribution in [0.2, 0.25) is 0 Å². The highest BCUT2D eigenvalue weighted by atomic mass is 16.3. The number of aliphatic hydroxyl groups is 1. The van der Waals surface area contributed by atoms with Crippen molar-refractivity contribution in [3.63, 3.8) is 0 Å². The topological polar surface area (TPSA) is 70.0 Å². The van der Waals surface area contributed by atoms with Crippen molar-refractivity contribution >= 4 is 23.2 Å². The van der Waals surface area contributed by atoms with E-state index in [1.165, 1.54) is 12.8 Å². The Morgan fingerprint density at radius 3 is 2.14 bits per heavy atom. The van der Waals surface area contributed by atoms with Crippen molar-refractivity contribution in [1.82, 2.24) is 0 Å². The van der Waals surface area contributed by atoms with Gasteiger partial charge >= 0.3 is 5.91 Å². The third kappa shape index (κ3) is 4.62. The third-order valence-corrected chi connectivity index (χ3v) is 4.89. The van der Waals surface area contributed by atoms with Crippen LogP contribution in [0.15, 0.2) is 77.0 Å². The molecule has 0 fully saturated rings. The van der Waals surface area contributed by atoms with Gasteiger partial charge in [-0.15, -0.1) is 0 Å². The summed E-state index contributed by atoms with van der Waals surface area (Å²) in [4.78, 5) is 31.4. The summed E-state index contributed by atoms with van der Waals surface area (Å²) in [6, 6.07) is 17.9. The number of benzene rings is 2. The monoisotopic (exact) mass is 390 g/mol. The number of para-hydroxylation sites is 1. The minimum absolute atomic E-state index is 0.0291. The van der Waals surface area contributed by atoms with Gasteiger partial charge in [-0.2, -0.15) is 0 Å². The molecule has 2 amide bonds. The maximum Gasteiger partial charge on any atom is 0.301 e. The van der Waals surface area contributed by atoms with E-state index in [0.29, 0.717) is 23.5 Å². The Morgan fingerprint density at radius 2 is 1.48 bits per heavy atom. The molecule has 2 aromatic carbocycles. The lowest BCUT2D eigenvalue weighted by molar-refractivity contribution is -0.121. The standard InChI is InChI=1S/C24H26N2O3/c1-2-3-4-5-12-17-25-21(18-13-8-6-9-14-18)20-22(27)24(29)26(23(20)28)19-15-10-7-11-16-19/h6-11,13-16,27H,2-5,12,17H2,1H3. The van der Waals surface area contributed by atoms with E-state index in [2.05, 4.69) is 11.9 Å². The number of rotatable bonds is 9. The average molecular weight is 390 g/mol. The number of imide groups is 1. The number of unbranched alkanes of at least 4 members (excludes halogenated alkanes) is 4. The van der Waals surface area contributed by atoms with E-state index in [4.69, 9.17) is 0 Å². The molecule has 1 aliphatic heterocycles. The van der Waals surface area contributed by atoms with E-state index < -0.39 is 17.6 Å². The molecule has 1 heterocycles. The van der Waals surface area contributed by atoms with Gasteiger partial charge in [-0.1, -0.05) is 81.1 Å². The zero-order valence-corrected chi connectivity index (χ0v) is 16.7. The van der Waals surface area contributed by atoms with Gasteiger partial charge in [0.25, 0.3) is 5.91 Å². The molecule has 0 saturated carbocycles. The van der Waals surface area contributed by atoms with Crippen molar-refractivity contribution in [2.24, 2.45) is 4.99 Å². The van der Waals surface area contributed by atoms with Crippen LogP contribution in [0.4, 0.5) is 5.69 Å². The van der Waals surface area contributed by atoms with Gasteiger partial charge in [-0.3, -0.25) is 14.6 Å². The fourth-order valence-corrected chi connectivity index (χ4v) is 3.36. The predicted molar refractivity (Wildman–Crippen MR) is 115 cm³/mol. The van der Waals surface area contributed by atoms with E-state index >= 15 is 0 Å². The molecule has 2 aromatic rings. The fraction of sp³-hybridized carbons (Fsp3) is 0.292. The number of carbonyl (C=O) groups excluding carboxylic acids is 2. The van der Waals surface area contributed by atoms with Gasteiger partial charge in [-0.05, 0) is 18.6 Å². The molecule has 29 heavy (non-hydrogen) atoms. The van der Waals surface area contributed by atoms with Crippen LogP contribution in [-0.2, 0) is 9.59 Å². The number of carbonyl (C=O) groups is 2. The highest BCUT2D eigenvalue weighted by Crippen LogP contribution is 2.28. The molecule has 150 valence electrons. The predicted octanol–water partition coefficient (Wildman–Crippen LogP) is 4.83. The first-order chi connectivity index (χ1) is 14.1. The second kappa shape index (κ2) is 9.82. The van der Waals surface area contributed by atoms with E-state index in [0.717, 1.165) is 24.2 Å². The van der Waals surface area contributed by atoms with Gasteiger partial charge in [0.2, 0.25) is 0 Å². The summed E-state index contributed by atoms with van der Waals surface area (Å²) in [6.45, 7) is 2.71. The smallest absolute Gasteiger partial charge is 0.301 e. The fourth-order valence-electron chi connectivity index (χ4n) is 3.36. The number of anilines is 1. The Kier molecular flexibility index (Phi) is 6.95. The normalized spacial score (nSPS) is 14.8. The largest absolute Gasteiger partial charge is 0.502 e. The van der Waals surface area contributed by atoms with Gasteiger partial charge in [0.1, 0.15) is 5.57 Å². The SMILES string of the molecule is CCCCCCCN=C(C1=C(O)C(=O)N(c2ccccc2)C1=O)c1ccccc1. The molecule has 0 saturated heterocycles. The molecule has 5 heteroatoms. The summed E-state index contributed by atoms with van der Waals surface area (Å²) < 4.78 is 0. The van der Waals surface area contributed by atoms with Gasteiger partial charge in [-0.25, -0.2) is 4.90 Å². The van der Waals surface area contributed by atoms with Crippen LogP contribution in [0.25, 0.3) is 0 Å². The van der Waals surface area contributed by atoms with Crippen molar-refractivity contribution in [1.29, 1.82) is 0 Å². The molecule has 0 bridgehead atoms. The summed E-state index contributed by atoms with van der Waals surface area (Å²) in [7, 11) is 0. The van der Waals surface area contributed by atoms with E-state index in [9.17, 15) is 14.7 Å². The summed E-state index contributed by atoms with van der Waals surface area (Å²) in [6.07, 6.45) is 5.48. The first kappa shape index (κ1) is 20.5. The summed E-state index contributed by atoms with van der Waals surface area (Å²) in [5.74, 6) is -1.82. The molecule has 0 spiro atoms. The molecule has 0 aromatic heterocycles. The summed E-state index contributed by atoms with van der Waals surface area (Å²) in [5, 5.41) is 10.6. The highest BCUT2D eigenvalue weighted by Gasteiger charge is 2.42.